The Morgan fingerprint density at radius 1 is 1.12 bits per heavy atom. The first-order valence-electron chi connectivity index (χ1n) is 7.27. The second-order valence-corrected chi connectivity index (χ2v) is 5.20. The number of nitrogens with zero attached hydrogens (tertiary/aromatic N) is 3. The van der Waals surface area contributed by atoms with Gasteiger partial charge in [-0.05, 0) is 31.2 Å². The van der Waals surface area contributed by atoms with Crippen molar-refractivity contribution in [2.45, 2.75) is 6.92 Å². The quantitative estimate of drug-likeness (QED) is 0.378. The molecule has 0 atom stereocenters. The van der Waals surface area contributed by atoms with Crippen molar-refractivity contribution in [1.29, 1.82) is 0 Å². The number of guanidine groups is 1. The fourth-order valence-corrected chi connectivity index (χ4v) is 2.27. The van der Waals surface area contributed by atoms with E-state index in [1.165, 1.54) is 0 Å². The van der Waals surface area contributed by atoms with E-state index in [9.17, 15) is 4.79 Å². The molecule has 0 aliphatic rings. The van der Waals surface area contributed by atoms with Crippen molar-refractivity contribution in [3.05, 3.63) is 59.8 Å². The average molecular weight is 320 g/mol. The maximum Gasteiger partial charge on any atom is 0.258 e. The van der Waals surface area contributed by atoms with Gasteiger partial charge in [0, 0.05) is 16.6 Å². The van der Waals surface area contributed by atoms with Gasteiger partial charge in [-0.15, -0.1) is 0 Å². The van der Waals surface area contributed by atoms with Gasteiger partial charge >= 0.3 is 0 Å². The number of anilines is 1. The normalized spacial score (nSPS) is 11.5. The van der Waals surface area contributed by atoms with Gasteiger partial charge in [0.15, 0.2) is 0 Å². The van der Waals surface area contributed by atoms with Crippen molar-refractivity contribution >= 4 is 34.4 Å². The van der Waals surface area contributed by atoms with Crippen LogP contribution in [-0.2, 0) is 0 Å². The average Bonchev–Trinajstić information content (AvgIpc) is 2.54. The zero-order valence-corrected chi connectivity index (χ0v) is 13.0. The summed E-state index contributed by atoms with van der Waals surface area (Å²) in [4.78, 5) is 24.8. The van der Waals surface area contributed by atoms with Crippen LogP contribution in [0.2, 0.25) is 0 Å². The molecule has 5 N–H and O–H groups in total. The molecule has 0 spiro atoms. The summed E-state index contributed by atoms with van der Waals surface area (Å²) in [5.74, 6) is -0.297. The molecule has 3 aromatic rings. The number of aryl methyl sites for hydroxylation is 1. The van der Waals surface area contributed by atoms with Crippen LogP contribution in [0.15, 0.2) is 53.5 Å². The summed E-state index contributed by atoms with van der Waals surface area (Å²) in [5, 5.41) is 3.44. The number of aliphatic imine (C=N–C) groups is 1. The molecule has 0 unspecified atom stereocenters. The molecule has 24 heavy (non-hydrogen) atoms. The minimum absolute atomic E-state index is 0.0860. The van der Waals surface area contributed by atoms with E-state index >= 15 is 0 Å². The van der Waals surface area contributed by atoms with Crippen LogP contribution in [0.1, 0.15) is 16.1 Å². The number of aromatic nitrogens is 2. The van der Waals surface area contributed by atoms with E-state index in [1.54, 1.807) is 24.3 Å². The predicted molar refractivity (Wildman–Crippen MR) is 93.9 cm³/mol. The standard InChI is InChI=1S/C17H16N6O/c1-10-13-7-2-3-8-14(13)21-17(20-10)23-16(19)22-15(24)11-5-4-6-12(18)9-11/h2-9H,18H2,1H3,(H3,19,20,21,22,23,24). The highest BCUT2D eigenvalue weighted by Gasteiger charge is 2.08. The van der Waals surface area contributed by atoms with Crippen LogP contribution >= 0.6 is 0 Å². The molecule has 0 aliphatic heterocycles. The molecule has 7 heteroatoms. The zero-order chi connectivity index (χ0) is 17.1. The smallest absolute Gasteiger partial charge is 0.258 e. The van der Waals surface area contributed by atoms with Crippen LogP contribution in [0.4, 0.5) is 11.6 Å². The number of fused-ring (bicyclic) bond motifs is 1. The number of amides is 1. The molecule has 3 rings (SSSR count). The summed E-state index contributed by atoms with van der Waals surface area (Å²) in [6.07, 6.45) is 0. The molecule has 2 aromatic carbocycles. The van der Waals surface area contributed by atoms with E-state index in [1.807, 2.05) is 31.2 Å². The summed E-state index contributed by atoms with van der Waals surface area (Å²) in [7, 11) is 0. The highest BCUT2D eigenvalue weighted by atomic mass is 16.1. The number of carbonyl (C=O) groups excluding carboxylic acids is 1. The predicted octanol–water partition coefficient (Wildman–Crippen LogP) is 1.90. The van der Waals surface area contributed by atoms with Crippen LogP contribution in [-0.4, -0.2) is 21.8 Å². The van der Waals surface area contributed by atoms with Crippen LogP contribution in [0.25, 0.3) is 10.9 Å². The van der Waals surface area contributed by atoms with Crippen LogP contribution in [0, 0.1) is 6.92 Å². The van der Waals surface area contributed by atoms with Crippen molar-refractivity contribution in [3.8, 4) is 0 Å². The summed E-state index contributed by atoms with van der Waals surface area (Å²) in [5.41, 5.74) is 13.9. The number of hydrogen-bond donors (Lipinski definition) is 3. The van der Waals surface area contributed by atoms with Crippen molar-refractivity contribution in [2.75, 3.05) is 5.73 Å². The molecule has 0 aliphatic carbocycles. The molecule has 1 aromatic heterocycles. The lowest BCUT2D eigenvalue weighted by atomic mass is 10.2. The Balaban J connectivity index is 1.84. The maximum atomic E-state index is 12.1. The van der Waals surface area contributed by atoms with Gasteiger partial charge in [0.2, 0.25) is 5.96 Å². The van der Waals surface area contributed by atoms with Crippen LogP contribution in [0.3, 0.4) is 0 Å². The number of nitrogens with one attached hydrogen (secondary N) is 1. The SMILES string of the molecule is Cc1nc(N=C(N)NC(=O)c2cccc(N)c2)nc2ccccc12. The van der Waals surface area contributed by atoms with Crippen LogP contribution < -0.4 is 16.8 Å². The summed E-state index contributed by atoms with van der Waals surface area (Å²) >= 11 is 0. The summed E-state index contributed by atoms with van der Waals surface area (Å²) in [6.45, 7) is 1.87. The number of hydrogen-bond acceptors (Lipinski definition) is 5. The Labute approximate surface area is 138 Å². The molecule has 0 radical (unpaired) electrons. The van der Waals surface area contributed by atoms with Crippen molar-refractivity contribution < 1.29 is 4.79 Å². The van der Waals surface area contributed by atoms with Crippen LogP contribution in [0.5, 0.6) is 0 Å². The molecular weight excluding hydrogens is 304 g/mol. The van der Waals surface area contributed by atoms with Gasteiger partial charge in [-0.3, -0.25) is 10.1 Å². The summed E-state index contributed by atoms with van der Waals surface area (Å²) in [6, 6.07) is 14.2. The van der Waals surface area contributed by atoms with Gasteiger partial charge in [0.1, 0.15) is 0 Å². The first-order chi connectivity index (χ1) is 11.5. The van der Waals surface area contributed by atoms with Crippen molar-refractivity contribution in [2.24, 2.45) is 10.7 Å². The Morgan fingerprint density at radius 3 is 2.71 bits per heavy atom. The molecule has 1 amide bonds. The number of nitrogen functional groups attached to an aromatic ring is 1. The third kappa shape index (κ3) is 3.30. The number of rotatable bonds is 2. The number of benzene rings is 2. The number of carbonyl (C=O) groups is 1. The molecule has 0 fully saturated rings. The zero-order valence-electron chi connectivity index (χ0n) is 13.0. The first kappa shape index (κ1) is 15.4. The monoisotopic (exact) mass is 320 g/mol. The van der Waals surface area contributed by atoms with Gasteiger partial charge in [-0.2, -0.15) is 4.99 Å². The lowest BCUT2D eigenvalue weighted by molar-refractivity contribution is 0.0976. The van der Waals surface area contributed by atoms with Gasteiger partial charge < -0.3 is 11.5 Å². The van der Waals surface area contributed by atoms with E-state index in [-0.39, 0.29) is 11.9 Å². The van der Waals surface area contributed by atoms with E-state index in [2.05, 4.69) is 20.3 Å². The van der Waals surface area contributed by atoms with Gasteiger partial charge in [0.05, 0.1) is 11.2 Å². The van der Waals surface area contributed by atoms with Crippen molar-refractivity contribution in [1.82, 2.24) is 15.3 Å². The van der Waals surface area contributed by atoms with E-state index in [0.29, 0.717) is 11.3 Å². The number of para-hydroxylation sites is 1. The molecular formula is C17H16N6O. The Kier molecular flexibility index (Phi) is 4.07. The molecule has 120 valence electrons. The van der Waals surface area contributed by atoms with Gasteiger partial charge in [0.25, 0.3) is 11.9 Å². The van der Waals surface area contributed by atoms with Gasteiger partial charge in [-0.25, -0.2) is 9.97 Å². The second-order valence-electron chi connectivity index (χ2n) is 5.20. The fourth-order valence-electron chi connectivity index (χ4n) is 2.27. The third-order valence-corrected chi connectivity index (χ3v) is 3.39. The number of nitrogens with two attached hydrogens (primary N) is 2. The molecule has 0 bridgehead atoms. The molecule has 7 nitrogen and oxygen atoms in total. The molecule has 0 saturated heterocycles. The lowest BCUT2D eigenvalue weighted by Gasteiger charge is -2.06. The lowest BCUT2D eigenvalue weighted by Crippen LogP contribution is -2.36. The minimum atomic E-state index is -0.402. The Hall–Kier alpha value is -3.48. The van der Waals surface area contributed by atoms with Gasteiger partial charge in [-0.1, -0.05) is 24.3 Å². The highest BCUT2D eigenvalue weighted by Crippen LogP contribution is 2.17. The topological polar surface area (TPSA) is 119 Å². The maximum absolute atomic E-state index is 12.1. The second kappa shape index (κ2) is 6.33. The molecule has 1 heterocycles. The van der Waals surface area contributed by atoms with E-state index in [4.69, 9.17) is 11.5 Å². The third-order valence-electron chi connectivity index (χ3n) is 3.39. The Morgan fingerprint density at radius 2 is 1.92 bits per heavy atom. The fraction of sp³-hybridized carbons (Fsp3) is 0.0588. The van der Waals surface area contributed by atoms with E-state index < -0.39 is 5.91 Å². The largest absolute Gasteiger partial charge is 0.399 e. The van der Waals surface area contributed by atoms with E-state index in [0.717, 1.165) is 16.6 Å². The minimum Gasteiger partial charge on any atom is -0.399 e. The molecule has 0 saturated carbocycles. The summed E-state index contributed by atoms with van der Waals surface area (Å²) < 4.78 is 0. The Bertz CT molecular complexity index is 951. The highest BCUT2D eigenvalue weighted by molar-refractivity contribution is 6.06. The first-order valence-corrected chi connectivity index (χ1v) is 7.27. The van der Waals surface area contributed by atoms with Crippen molar-refractivity contribution in [3.63, 3.8) is 0 Å².